The number of amidine groups is 1. The van der Waals surface area contributed by atoms with Gasteiger partial charge < -0.3 is 9.64 Å². The van der Waals surface area contributed by atoms with Gasteiger partial charge in [0, 0.05) is 24.1 Å². The molecule has 0 saturated carbocycles. The lowest BCUT2D eigenvalue weighted by molar-refractivity contribution is 0.482. The minimum absolute atomic E-state index is 0.712. The molecule has 4 rings (SSSR count). The van der Waals surface area contributed by atoms with Gasteiger partial charge in [0.05, 0.1) is 5.03 Å². The number of hydrogen-bond acceptors (Lipinski definition) is 4. The molecule has 0 aliphatic carbocycles. The molecule has 0 radical (unpaired) electrons. The Morgan fingerprint density at radius 3 is 2.54 bits per heavy atom. The Labute approximate surface area is 150 Å². The minimum Gasteiger partial charge on any atom is -0.457 e. The molecule has 5 heteroatoms. The molecule has 0 N–H and O–H groups in total. The van der Waals surface area contributed by atoms with Crippen molar-refractivity contribution in [3.8, 4) is 11.5 Å². The van der Waals surface area contributed by atoms with Crippen LogP contribution >= 0.6 is 23.5 Å². The molecule has 0 bridgehead atoms. The van der Waals surface area contributed by atoms with Gasteiger partial charge in [0.15, 0.2) is 0 Å². The van der Waals surface area contributed by atoms with Crippen molar-refractivity contribution in [1.29, 1.82) is 0 Å². The Morgan fingerprint density at radius 1 is 1.00 bits per heavy atom. The average Bonchev–Trinajstić information content (AvgIpc) is 2.63. The zero-order valence-electron chi connectivity index (χ0n) is 12.9. The van der Waals surface area contributed by atoms with E-state index in [1.165, 1.54) is 0 Å². The standard InChI is InChI=1S/C19H15ClN2OS/c20-17-10-11-22-12-13-24-21-19(22)18(17)14-6-8-16(9-7-14)23-15-4-2-1-3-5-15/h1-11H,12-13H2. The van der Waals surface area contributed by atoms with Crippen molar-refractivity contribution < 1.29 is 4.74 Å². The highest BCUT2D eigenvalue weighted by Crippen LogP contribution is 2.33. The summed E-state index contributed by atoms with van der Waals surface area (Å²) in [4.78, 5) is 2.14. The SMILES string of the molecule is ClC1=C(c2ccc(Oc3ccccc3)cc2)C2=NSCCN2C=C1. The van der Waals surface area contributed by atoms with E-state index in [-0.39, 0.29) is 0 Å². The quantitative estimate of drug-likeness (QED) is 0.697. The van der Waals surface area contributed by atoms with Crippen molar-refractivity contribution in [2.24, 2.45) is 4.40 Å². The second-order valence-electron chi connectivity index (χ2n) is 5.42. The van der Waals surface area contributed by atoms with Gasteiger partial charge in [0.25, 0.3) is 0 Å². The Kier molecular flexibility index (Phi) is 4.32. The largest absolute Gasteiger partial charge is 0.457 e. The first-order chi connectivity index (χ1) is 11.8. The highest BCUT2D eigenvalue weighted by Gasteiger charge is 2.24. The molecule has 0 spiro atoms. The molecule has 0 saturated heterocycles. The normalized spacial score (nSPS) is 16.7. The van der Waals surface area contributed by atoms with E-state index in [0.717, 1.165) is 40.8 Å². The fraction of sp³-hybridized carbons (Fsp3) is 0.105. The third-order valence-corrected chi connectivity index (χ3v) is 4.81. The lowest BCUT2D eigenvalue weighted by Crippen LogP contribution is -2.33. The second-order valence-corrected chi connectivity index (χ2v) is 6.68. The van der Waals surface area contributed by atoms with Crippen LogP contribution in [0.3, 0.4) is 0 Å². The van der Waals surface area contributed by atoms with Crippen molar-refractivity contribution >= 4 is 35.0 Å². The van der Waals surface area contributed by atoms with Crippen molar-refractivity contribution in [2.75, 3.05) is 12.3 Å². The molecule has 2 aromatic carbocycles. The second kappa shape index (κ2) is 6.75. The number of rotatable bonds is 3. The van der Waals surface area contributed by atoms with E-state index in [1.54, 1.807) is 11.9 Å². The number of para-hydroxylation sites is 1. The van der Waals surface area contributed by atoms with E-state index in [0.29, 0.717) is 5.03 Å². The van der Waals surface area contributed by atoms with Gasteiger partial charge >= 0.3 is 0 Å². The first kappa shape index (κ1) is 15.4. The number of ether oxygens (including phenoxy) is 1. The molecule has 24 heavy (non-hydrogen) atoms. The summed E-state index contributed by atoms with van der Waals surface area (Å²) in [6, 6.07) is 17.7. The van der Waals surface area contributed by atoms with Crippen LogP contribution in [0.1, 0.15) is 5.56 Å². The van der Waals surface area contributed by atoms with Gasteiger partial charge in [0.1, 0.15) is 17.3 Å². The van der Waals surface area contributed by atoms with Crippen molar-refractivity contribution in [3.63, 3.8) is 0 Å². The molecule has 0 amide bonds. The summed E-state index contributed by atoms with van der Waals surface area (Å²) in [5.41, 5.74) is 2.01. The highest BCUT2D eigenvalue weighted by atomic mass is 35.5. The molecule has 0 unspecified atom stereocenters. The zero-order valence-corrected chi connectivity index (χ0v) is 14.4. The Morgan fingerprint density at radius 2 is 1.75 bits per heavy atom. The van der Waals surface area contributed by atoms with Crippen LogP contribution in [0.5, 0.6) is 11.5 Å². The molecule has 3 nitrogen and oxygen atoms in total. The summed E-state index contributed by atoms with van der Waals surface area (Å²) in [7, 11) is 0. The average molecular weight is 355 g/mol. The predicted octanol–water partition coefficient (Wildman–Crippen LogP) is 5.32. The van der Waals surface area contributed by atoms with Gasteiger partial charge in [-0.2, -0.15) is 4.40 Å². The summed E-state index contributed by atoms with van der Waals surface area (Å²) < 4.78 is 10.4. The number of fused-ring (bicyclic) bond motifs is 1. The lowest BCUT2D eigenvalue weighted by Gasteiger charge is -2.30. The van der Waals surface area contributed by atoms with E-state index in [4.69, 9.17) is 16.3 Å². The third-order valence-electron chi connectivity index (χ3n) is 3.83. The van der Waals surface area contributed by atoms with Crippen LogP contribution < -0.4 is 4.74 Å². The Bertz CT molecular complexity index is 828. The molecule has 120 valence electrons. The monoisotopic (exact) mass is 354 g/mol. The van der Waals surface area contributed by atoms with Crippen LogP contribution in [0.25, 0.3) is 5.57 Å². The number of benzene rings is 2. The topological polar surface area (TPSA) is 24.8 Å². The molecular weight excluding hydrogens is 340 g/mol. The fourth-order valence-electron chi connectivity index (χ4n) is 2.67. The van der Waals surface area contributed by atoms with Crippen LogP contribution in [0.4, 0.5) is 0 Å². The number of hydrogen-bond donors (Lipinski definition) is 0. The van der Waals surface area contributed by atoms with Crippen LogP contribution in [-0.4, -0.2) is 23.0 Å². The maximum atomic E-state index is 6.45. The molecule has 2 aliphatic heterocycles. The minimum atomic E-state index is 0.712. The Balaban J connectivity index is 1.62. The predicted molar refractivity (Wildman–Crippen MR) is 101 cm³/mol. The summed E-state index contributed by atoms with van der Waals surface area (Å²) in [5, 5.41) is 0.712. The molecule has 2 aromatic rings. The van der Waals surface area contributed by atoms with Crippen molar-refractivity contribution in [3.05, 3.63) is 77.5 Å². The summed E-state index contributed by atoms with van der Waals surface area (Å²) in [6.07, 6.45) is 3.93. The van der Waals surface area contributed by atoms with Gasteiger partial charge in [-0.3, -0.25) is 0 Å². The van der Waals surface area contributed by atoms with Gasteiger partial charge in [-0.05, 0) is 47.9 Å². The molecule has 2 heterocycles. The lowest BCUT2D eigenvalue weighted by atomic mass is 10.0. The summed E-state index contributed by atoms with van der Waals surface area (Å²) >= 11 is 8.03. The van der Waals surface area contributed by atoms with Gasteiger partial charge in [-0.25, -0.2) is 0 Å². The molecule has 0 atom stereocenters. The van der Waals surface area contributed by atoms with E-state index in [9.17, 15) is 0 Å². The van der Waals surface area contributed by atoms with Gasteiger partial charge in [0.2, 0.25) is 0 Å². The van der Waals surface area contributed by atoms with Crippen LogP contribution in [0.2, 0.25) is 0 Å². The first-order valence-corrected chi connectivity index (χ1v) is 9.01. The third kappa shape index (κ3) is 3.07. The smallest absolute Gasteiger partial charge is 0.150 e. The van der Waals surface area contributed by atoms with Gasteiger partial charge in [-0.15, -0.1) is 0 Å². The van der Waals surface area contributed by atoms with Crippen molar-refractivity contribution in [1.82, 2.24) is 4.90 Å². The molecular formula is C19H15ClN2OS. The maximum absolute atomic E-state index is 6.45. The van der Waals surface area contributed by atoms with E-state index >= 15 is 0 Å². The zero-order chi connectivity index (χ0) is 16.4. The highest BCUT2D eigenvalue weighted by molar-refractivity contribution is 7.98. The van der Waals surface area contributed by atoms with Crippen LogP contribution in [-0.2, 0) is 0 Å². The van der Waals surface area contributed by atoms with Crippen LogP contribution in [0, 0.1) is 0 Å². The molecule has 0 aromatic heterocycles. The van der Waals surface area contributed by atoms with Crippen LogP contribution in [0.15, 0.2) is 76.3 Å². The molecule has 0 fully saturated rings. The van der Waals surface area contributed by atoms with E-state index in [1.807, 2.05) is 66.9 Å². The number of halogens is 1. The van der Waals surface area contributed by atoms with Crippen molar-refractivity contribution in [2.45, 2.75) is 0 Å². The van der Waals surface area contributed by atoms with E-state index in [2.05, 4.69) is 9.30 Å². The number of allylic oxidation sites excluding steroid dienone is 2. The number of nitrogens with zero attached hydrogens (tertiary/aromatic N) is 2. The molecule has 2 aliphatic rings. The summed E-state index contributed by atoms with van der Waals surface area (Å²) in [5.74, 6) is 3.53. The Hall–Kier alpha value is -2.17. The summed E-state index contributed by atoms with van der Waals surface area (Å²) in [6.45, 7) is 0.947. The maximum Gasteiger partial charge on any atom is 0.150 e. The first-order valence-electron chi connectivity index (χ1n) is 7.69. The van der Waals surface area contributed by atoms with E-state index < -0.39 is 0 Å². The fourth-order valence-corrected chi connectivity index (χ4v) is 3.60. The van der Waals surface area contributed by atoms with Gasteiger partial charge in [-0.1, -0.05) is 41.9 Å².